The molecule has 30 heavy (non-hydrogen) atoms. The Bertz CT molecular complexity index is 1000. The van der Waals surface area contributed by atoms with Gasteiger partial charge < -0.3 is 9.47 Å². The third-order valence-corrected chi connectivity index (χ3v) is 6.03. The Kier molecular flexibility index (Phi) is 6.16. The van der Waals surface area contributed by atoms with E-state index in [0.29, 0.717) is 25.0 Å². The van der Waals surface area contributed by atoms with E-state index < -0.39 is 0 Å². The number of hydrogen-bond acceptors (Lipinski definition) is 3. The molecule has 0 atom stereocenters. The molecule has 0 spiro atoms. The second kappa shape index (κ2) is 8.99. The van der Waals surface area contributed by atoms with Crippen LogP contribution in [0, 0.1) is 5.92 Å². The lowest BCUT2D eigenvalue weighted by Gasteiger charge is -2.26. The Labute approximate surface area is 179 Å². The number of carbonyl (C=O) groups is 1. The van der Waals surface area contributed by atoms with Gasteiger partial charge in [0, 0.05) is 24.3 Å². The molecule has 1 saturated carbocycles. The van der Waals surface area contributed by atoms with Crippen molar-refractivity contribution in [3.05, 3.63) is 59.5 Å². The van der Waals surface area contributed by atoms with Crippen LogP contribution < -0.4 is 0 Å². The normalized spacial score (nSPS) is 14.7. The minimum atomic E-state index is 0.0735. The largest absolute Gasteiger partial charge is 0.331 e. The number of nitrogens with zero attached hydrogens (tertiary/aromatic N) is 4. The van der Waals surface area contributed by atoms with E-state index in [4.69, 9.17) is 4.98 Å². The van der Waals surface area contributed by atoms with Crippen LogP contribution in [0.4, 0.5) is 0 Å². The average Bonchev–Trinajstić information content (AvgIpc) is 3.39. The molecule has 4 rings (SSSR count). The lowest BCUT2D eigenvalue weighted by molar-refractivity contribution is 0.0715. The van der Waals surface area contributed by atoms with Crippen LogP contribution in [0.5, 0.6) is 0 Å². The topological polar surface area (TPSA) is 51.0 Å². The molecule has 2 aromatic heterocycles. The van der Waals surface area contributed by atoms with Crippen molar-refractivity contribution in [1.29, 1.82) is 0 Å². The molecule has 0 aliphatic heterocycles. The summed E-state index contributed by atoms with van der Waals surface area (Å²) in [5.74, 6) is 1.41. The number of imidazole rings is 1. The van der Waals surface area contributed by atoms with Crippen molar-refractivity contribution < 1.29 is 4.79 Å². The summed E-state index contributed by atoms with van der Waals surface area (Å²) >= 11 is 0. The maximum absolute atomic E-state index is 13.4. The first-order chi connectivity index (χ1) is 14.6. The number of rotatable bonds is 7. The predicted octanol–water partition coefficient (Wildman–Crippen LogP) is 5.41. The van der Waals surface area contributed by atoms with Crippen LogP contribution in [0.15, 0.2) is 42.6 Å². The summed E-state index contributed by atoms with van der Waals surface area (Å²) in [6.07, 6.45) is 7.62. The van der Waals surface area contributed by atoms with Crippen LogP contribution in [-0.2, 0) is 13.0 Å². The van der Waals surface area contributed by atoms with Crippen LogP contribution >= 0.6 is 0 Å². The van der Waals surface area contributed by atoms with Crippen molar-refractivity contribution in [2.45, 2.75) is 65.5 Å². The molecule has 0 bridgehead atoms. The highest BCUT2D eigenvalue weighted by atomic mass is 16.2. The molecular formula is C25H32N4O. The summed E-state index contributed by atoms with van der Waals surface area (Å²) in [6.45, 7) is 7.66. The molecular weight excluding hydrogens is 372 g/mol. The van der Waals surface area contributed by atoms with Crippen molar-refractivity contribution >= 4 is 17.1 Å². The standard InChI is InChI=1S/C25H32N4O/c1-4-19-11-13-20(14-12-19)25(30)28(16-18(2)3)17-23-27-22-10-7-15-26-24(22)29(23)21-8-5-6-9-21/h7,10-15,18,21H,4-6,8-9,16-17H2,1-3H3. The highest BCUT2D eigenvalue weighted by molar-refractivity contribution is 5.94. The Balaban J connectivity index is 1.68. The minimum absolute atomic E-state index is 0.0735. The quantitative estimate of drug-likeness (QED) is 0.529. The average molecular weight is 405 g/mol. The maximum atomic E-state index is 13.4. The molecule has 0 N–H and O–H groups in total. The number of fused-ring (bicyclic) bond motifs is 1. The molecule has 1 aliphatic carbocycles. The predicted molar refractivity (Wildman–Crippen MR) is 120 cm³/mol. The van der Waals surface area contributed by atoms with Gasteiger partial charge in [-0.05, 0) is 55.0 Å². The first-order valence-corrected chi connectivity index (χ1v) is 11.3. The van der Waals surface area contributed by atoms with Crippen LogP contribution in [0.25, 0.3) is 11.2 Å². The zero-order valence-electron chi connectivity index (χ0n) is 18.3. The maximum Gasteiger partial charge on any atom is 0.254 e. The Morgan fingerprint density at radius 3 is 2.57 bits per heavy atom. The first-order valence-electron chi connectivity index (χ1n) is 11.3. The van der Waals surface area contributed by atoms with Gasteiger partial charge in [0.25, 0.3) is 5.91 Å². The SMILES string of the molecule is CCc1ccc(C(=O)N(Cc2nc3cccnc3n2C2CCCC2)CC(C)C)cc1. The summed E-state index contributed by atoms with van der Waals surface area (Å²) in [6, 6.07) is 12.4. The lowest BCUT2D eigenvalue weighted by Crippen LogP contribution is -2.35. The van der Waals surface area contributed by atoms with E-state index >= 15 is 0 Å². The van der Waals surface area contributed by atoms with Crippen molar-refractivity contribution in [3.8, 4) is 0 Å². The fraction of sp³-hybridized carbons (Fsp3) is 0.480. The number of carbonyl (C=O) groups excluding carboxylic acids is 1. The Hall–Kier alpha value is -2.69. The van der Waals surface area contributed by atoms with Gasteiger partial charge >= 0.3 is 0 Å². The molecule has 0 radical (unpaired) electrons. The van der Waals surface area contributed by atoms with Gasteiger partial charge in [-0.1, -0.05) is 45.7 Å². The second-order valence-corrected chi connectivity index (χ2v) is 8.81. The van der Waals surface area contributed by atoms with Gasteiger partial charge in [-0.3, -0.25) is 4.79 Å². The fourth-order valence-corrected chi connectivity index (χ4v) is 4.53. The molecule has 3 aromatic rings. The molecule has 2 heterocycles. The molecule has 0 unspecified atom stereocenters. The first kappa shape index (κ1) is 20.6. The Morgan fingerprint density at radius 2 is 1.90 bits per heavy atom. The number of benzene rings is 1. The number of pyridine rings is 1. The molecule has 5 heteroatoms. The van der Waals surface area contributed by atoms with Crippen molar-refractivity contribution in [1.82, 2.24) is 19.4 Å². The van der Waals surface area contributed by atoms with Crippen LogP contribution in [0.3, 0.4) is 0 Å². The van der Waals surface area contributed by atoms with Gasteiger partial charge in [0.15, 0.2) is 5.65 Å². The number of aryl methyl sites for hydroxylation is 1. The summed E-state index contributed by atoms with van der Waals surface area (Å²) in [5, 5.41) is 0. The highest BCUT2D eigenvalue weighted by Gasteiger charge is 2.26. The summed E-state index contributed by atoms with van der Waals surface area (Å²) in [5.41, 5.74) is 3.86. The zero-order chi connectivity index (χ0) is 21.1. The molecule has 158 valence electrons. The molecule has 1 amide bonds. The van der Waals surface area contributed by atoms with Gasteiger partial charge in [0.05, 0.1) is 6.54 Å². The number of aromatic nitrogens is 3. The van der Waals surface area contributed by atoms with Crippen LogP contribution in [0.1, 0.15) is 74.2 Å². The summed E-state index contributed by atoms with van der Waals surface area (Å²) in [4.78, 5) is 24.9. The van der Waals surface area contributed by atoms with E-state index in [-0.39, 0.29) is 5.91 Å². The number of amides is 1. The molecule has 1 fully saturated rings. The van der Waals surface area contributed by atoms with Crippen molar-refractivity contribution in [2.24, 2.45) is 5.92 Å². The molecule has 5 nitrogen and oxygen atoms in total. The van der Waals surface area contributed by atoms with Crippen molar-refractivity contribution in [2.75, 3.05) is 6.54 Å². The van der Waals surface area contributed by atoms with E-state index in [9.17, 15) is 4.79 Å². The van der Waals surface area contributed by atoms with Crippen molar-refractivity contribution in [3.63, 3.8) is 0 Å². The van der Waals surface area contributed by atoms with Gasteiger partial charge in [-0.2, -0.15) is 0 Å². The van der Waals surface area contributed by atoms with Gasteiger partial charge in [0.2, 0.25) is 0 Å². The number of hydrogen-bond donors (Lipinski definition) is 0. The third-order valence-electron chi connectivity index (χ3n) is 6.03. The molecule has 1 aliphatic rings. The monoisotopic (exact) mass is 404 g/mol. The van der Waals surface area contributed by atoms with Gasteiger partial charge in [-0.25, -0.2) is 9.97 Å². The summed E-state index contributed by atoms with van der Waals surface area (Å²) < 4.78 is 2.31. The fourth-order valence-electron chi connectivity index (χ4n) is 4.53. The third kappa shape index (κ3) is 4.25. The zero-order valence-corrected chi connectivity index (χ0v) is 18.3. The van der Waals surface area contributed by atoms with Gasteiger partial charge in [0.1, 0.15) is 11.3 Å². The minimum Gasteiger partial charge on any atom is -0.331 e. The summed E-state index contributed by atoms with van der Waals surface area (Å²) in [7, 11) is 0. The van der Waals surface area contributed by atoms with E-state index in [1.165, 1.54) is 18.4 Å². The second-order valence-electron chi connectivity index (χ2n) is 8.81. The van der Waals surface area contributed by atoms with E-state index in [1.807, 2.05) is 35.4 Å². The van der Waals surface area contributed by atoms with Crippen LogP contribution in [-0.4, -0.2) is 31.9 Å². The van der Waals surface area contributed by atoms with E-state index in [1.54, 1.807) is 0 Å². The highest BCUT2D eigenvalue weighted by Crippen LogP contribution is 2.33. The van der Waals surface area contributed by atoms with Crippen LogP contribution in [0.2, 0.25) is 0 Å². The van der Waals surface area contributed by atoms with Gasteiger partial charge in [-0.15, -0.1) is 0 Å². The lowest BCUT2D eigenvalue weighted by atomic mass is 10.1. The van der Waals surface area contributed by atoms with E-state index in [0.717, 1.165) is 41.8 Å². The molecule has 1 aromatic carbocycles. The Morgan fingerprint density at radius 1 is 1.17 bits per heavy atom. The molecule has 0 saturated heterocycles. The smallest absolute Gasteiger partial charge is 0.254 e. The van der Waals surface area contributed by atoms with E-state index in [2.05, 4.69) is 42.5 Å².